The molecule has 1 aliphatic rings. The molecular formula is C3H2NO2. The van der Waals surface area contributed by atoms with Crippen LogP contribution in [0.25, 0.3) is 0 Å². The van der Waals surface area contributed by atoms with Gasteiger partial charge in [-0.1, -0.05) is 0 Å². The molecule has 0 unspecified atom stereocenters. The van der Waals surface area contributed by atoms with Crippen LogP contribution < -0.4 is 0 Å². The molecule has 0 spiro atoms. The molecule has 0 saturated carbocycles. The van der Waals surface area contributed by atoms with Crippen molar-refractivity contribution in [3.8, 4) is 0 Å². The van der Waals surface area contributed by atoms with E-state index in [2.05, 4.69) is 21.0 Å². The fourth-order valence-electron chi connectivity index (χ4n) is 0.157. The number of nitrogens with zero attached hydrogens (tertiary/aromatic N) is 1. The molecule has 1 radical (unpaired) electrons. The highest BCUT2D eigenvalue weighted by Crippen LogP contribution is 1.82. The first-order chi connectivity index (χ1) is 3.00. The van der Waals surface area contributed by atoms with Crippen molar-refractivity contribution in [2.45, 2.75) is 0 Å². The van der Waals surface area contributed by atoms with Crippen molar-refractivity contribution >= 4 is 6.40 Å². The first-order valence-corrected chi connectivity index (χ1v) is 1.40. The maximum absolute atomic E-state index is 4.42. The van der Waals surface area contributed by atoms with E-state index in [0.717, 1.165) is 0 Å². The second-order valence-corrected chi connectivity index (χ2v) is 0.674. The predicted octanol–water partition coefficient (Wildman–Crippen LogP) is 0.251. The minimum absolute atomic E-state index is 1.18. The number of rotatable bonds is 0. The highest BCUT2D eigenvalue weighted by molar-refractivity contribution is 5.46. The Balaban J connectivity index is 2.40. The fourth-order valence-corrected chi connectivity index (χ4v) is 0.157. The average Bonchev–Trinajstić information content (AvgIpc) is 1.72. The third-order valence-corrected chi connectivity index (χ3v) is 0.325. The van der Waals surface area contributed by atoms with Gasteiger partial charge in [-0.2, -0.15) is 0 Å². The minimum atomic E-state index is 1.18. The van der Waals surface area contributed by atoms with E-state index in [9.17, 15) is 0 Å². The summed E-state index contributed by atoms with van der Waals surface area (Å²) in [5, 5.41) is 3.19. The van der Waals surface area contributed by atoms with Gasteiger partial charge in [0.05, 0.1) is 0 Å². The highest BCUT2D eigenvalue weighted by atomic mass is 16.7. The van der Waals surface area contributed by atoms with Crippen molar-refractivity contribution in [2.24, 2.45) is 5.16 Å². The predicted molar refractivity (Wildman–Crippen MR) is 18.5 cm³/mol. The third kappa shape index (κ3) is 0.484. The number of hydrogen-bond acceptors (Lipinski definition) is 3. The molecule has 0 amide bonds. The summed E-state index contributed by atoms with van der Waals surface area (Å²) >= 11 is 0. The van der Waals surface area contributed by atoms with E-state index in [1.807, 2.05) is 0 Å². The van der Waals surface area contributed by atoms with E-state index in [1.165, 1.54) is 12.7 Å². The molecule has 0 aromatic rings. The monoisotopic (exact) mass is 84.0 g/mol. The van der Waals surface area contributed by atoms with Crippen LogP contribution in [0.4, 0.5) is 0 Å². The lowest BCUT2D eigenvalue weighted by atomic mass is 11.0. The normalized spacial score (nSPS) is 16.0. The number of ether oxygens (including phenoxy) is 1. The lowest BCUT2D eigenvalue weighted by molar-refractivity contribution is 0.206. The molecule has 0 aromatic heterocycles. The molecule has 6 heavy (non-hydrogen) atoms. The maximum atomic E-state index is 4.42. The second-order valence-electron chi connectivity index (χ2n) is 0.674. The molecule has 1 rings (SSSR count). The molecule has 0 aromatic carbocycles. The zero-order chi connectivity index (χ0) is 4.24. The van der Waals surface area contributed by atoms with E-state index in [0.29, 0.717) is 0 Å². The molecule has 31 valence electrons. The van der Waals surface area contributed by atoms with E-state index in [1.54, 1.807) is 0 Å². The minimum Gasteiger partial charge on any atom is -0.446 e. The van der Waals surface area contributed by atoms with Gasteiger partial charge >= 0.3 is 0 Å². The smallest absolute Gasteiger partial charge is 0.241 e. The summed E-state index contributed by atoms with van der Waals surface area (Å²) in [4.78, 5) is 4.21. The molecule has 1 aliphatic heterocycles. The largest absolute Gasteiger partial charge is 0.446 e. The number of oxime groups is 1. The second kappa shape index (κ2) is 1.45. The van der Waals surface area contributed by atoms with Gasteiger partial charge in [0, 0.05) is 0 Å². The molecule has 3 heteroatoms. The lowest BCUT2D eigenvalue weighted by Crippen LogP contribution is -1.83. The zero-order valence-corrected chi connectivity index (χ0v) is 2.92. The van der Waals surface area contributed by atoms with Gasteiger partial charge in [-0.3, -0.25) is 0 Å². The van der Waals surface area contributed by atoms with E-state index >= 15 is 0 Å². The van der Waals surface area contributed by atoms with Crippen LogP contribution in [-0.4, -0.2) is 6.40 Å². The molecule has 0 bridgehead atoms. The van der Waals surface area contributed by atoms with Crippen LogP contribution in [0.3, 0.4) is 0 Å². The Labute approximate surface area is 34.9 Å². The average molecular weight is 84.1 g/mol. The maximum Gasteiger partial charge on any atom is 0.241 e. The molecular weight excluding hydrogens is 82.0 g/mol. The molecule has 0 atom stereocenters. The van der Waals surface area contributed by atoms with E-state index in [4.69, 9.17) is 0 Å². The summed E-state index contributed by atoms with van der Waals surface area (Å²) in [6, 6.07) is 0. The molecule has 0 aliphatic carbocycles. The summed E-state index contributed by atoms with van der Waals surface area (Å²) in [5.74, 6) is 0. The molecule has 0 fully saturated rings. The van der Waals surface area contributed by atoms with Gasteiger partial charge in [0.1, 0.15) is 6.26 Å². The Kier molecular flexibility index (Phi) is 0.774. The van der Waals surface area contributed by atoms with Gasteiger partial charge in [-0.25, -0.2) is 0 Å². The van der Waals surface area contributed by atoms with E-state index < -0.39 is 0 Å². The Morgan fingerprint density at radius 2 is 2.67 bits per heavy atom. The molecule has 0 N–H and O–H groups in total. The van der Waals surface area contributed by atoms with E-state index in [-0.39, 0.29) is 0 Å². The zero-order valence-electron chi connectivity index (χ0n) is 2.92. The van der Waals surface area contributed by atoms with Gasteiger partial charge in [-0.05, 0) is 5.16 Å². The van der Waals surface area contributed by atoms with Crippen molar-refractivity contribution in [3.05, 3.63) is 12.5 Å². The van der Waals surface area contributed by atoms with Crippen LogP contribution >= 0.6 is 0 Å². The molecule has 0 saturated heterocycles. The van der Waals surface area contributed by atoms with Crippen LogP contribution in [0, 0.1) is 6.26 Å². The third-order valence-electron chi connectivity index (χ3n) is 0.325. The van der Waals surface area contributed by atoms with Crippen molar-refractivity contribution in [3.63, 3.8) is 0 Å². The van der Waals surface area contributed by atoms with Crippen LogP contribution in [0.1, 0.15) is 0 Å². The van der Waals surface area contributed by atoms with Crippen LogP contribution in [0.15, 0.2) is 11.4 Å². The van der Waals surface area contributed by atoms with Gasteiger partial charge in [0.25, 0.3) is 0 Å². The van der Waals surface area contributed by atoms with Crippen LogP contribution in [-0.2, 0) is 9.57 Å². The Morgan fingerprint density at radius 3 is 2.83 bits per heavy atom. The van der Waals surface area contributed by atoms with Gasteiger partial charge in [-0.15, -0.1) is 0 Å². The summed E-state index contributed by atoms with van der Waals surface area (Å²) in [6.45, 7) is 0. The fraction of sp³-hybridized carbons (Fsp3) is 0. The quantitative estimate of drug-likeness (QED) is 0.421. The first kappa shape index (κ1) is 3.21. The Bertz CT molecular complexity index is 66.8. The summed E-state index contributed by atoms with van der Waals surface area (Å²) in [6.07, 6.45) is 4.69. The van der Waals surface area contributed by atoms with Gasteiger partial charge in [0.2, 0.25) is 12.7 Å². The Hall–Kier alpha value is -0.990. The summed E-state index contributed by atoms with van der Waals surface area (Å²) in [5.41, 5.74) is 0. The molecule has 1 heterocycles. The van der Waals surface area contributed by atoms with Crippen molar-refractivity contribution in [2.75, 3.05) is 0 Å². The number of hydrogen-bond donors (Lipinski definition) is 0. The summed E-state index contributed by atoms with van der Waals surface area (Å²) in [7, 11) is 0. The SMILES string of the molecule is [C]1=COC=NO1. The first-order valence-electron chi connectivity index (χ1n) is 1.40. The standard InChI is InChI=1S/C3H2NO2/c1-2-6-4-3-5-1/h1,3H. The van der Waals surface area contributed by atoms with Crippen LogP contribution in [0.2, 0.25) is 0 Å². The van der Waals surface area contributed by atoms with Crippen molar-refractivity contribution in [1.82, 2.24) is 0 Å². The molecule has 3 nitrogen and oxygen atoms in total. The van der Waals surface area contributed by atoms with Crippen LogP contribution in [0.5, 0.6) is 0 Å². The lowest BCUT2D eigenvalue weighted by Gasteiger charge is -1.90. The van der Waals surface area contributed by atoms with Crippen molar-refractivity contribution < 1.29 is 9.57 Å². The van der Waals surface area contributed by atoms with Gasteiger partial charge < -0.3 is 9.57 Å². The summed E-state index contributed by atoms with van der Waals surface area (Å²) < 4.78 is 4.42. The Morgan fingerprint density at radius 1 is 1.67 bits per heavy atom. The van der Waals surface area contributed by atoms with Gasteiger partial charge in [0.15, 0.2) is 0 Å². The van der Waals surface area contributed by atoms with Crippen molar-refractivity contribution in [1.29, 1.82) is 0 Å². The highest BCUT2D eigenvalue weighted by Gasteiger charge is 1.78. The topological polar surface area (TPSA) is 30.8 Å².